The standard InChI is InChI=1S/C22H18N4O3/c1-2-29-22(28)16-6-9-18(10-7-16)26-21(27)17-8-11-20(24-14-17)25-19-5-3-4-15(12-19)13-23/h3-12,14H,2H2,1H3,(H,24,25)(H,26,27). The van der Waals surface area contributed by atoms with E-state index in [4.69, 9.17) is 10.00 Å². The maximum Gasteiger partial charge on any atom is 0.338 e. The van der Waals surface area contributed by atoms with Gasteiger partial charge in [0.2, 0.25) is 0 Å². The Labute approximate surface area is 168 Å². The van der Waals surface area contributed by atoms with Gasteiger partial charge in [0.25, 0.3) is 5.91 Å². The Morgan fingerprint density at radius 2 is 1.79 bits per heavy atom. The molecule has 0 aliphatic rings. The molecule has 2 aromatic carbocycles. The van der Waals surface area contributed by atoms with Crippen LogP contribution in [0.5, 0.6) is 0 Å². The smallest absolute Gasteiger partial charge is 0.338 e. The third-order valence-electron chi connectivity index (χ3n) is 3.94. The van der Waals surface area contributed by atoms with E-state index in [1.807, 2.05) is 6.07 Å². The molecule has 0 saturated carbocycles. The van der Waals surface area contributed by atoms with E-state index in [9.17, 15) is 9.59 Å². The van der Waals surface area contributed by atoms with Crippen molar-refractivity contribution in [2.75, 3.05) is 17.2 Å². The van der Waals surface area contributed by atoms with E-state index in [1.165, 1.54) is 6.20 Å². The Kier molecular flexibility index (Phi) is 6.18. The van der Waals surface area contributed by atoms with Gasteiger partial charge < -0.3 is 15.4 Å². The van der Waals surface area contributed by atoms with Crippen LogP contribution in [0.4, 0.5) is 17.2 Å². The van der Waals surface area contributed by atoms with Gasteiger partial charge in [0, 0.05) is 17.6 Å². The molecular weight excluding hydrogens is 368 g/mol. The molecule has 0 unspecified atom stereocenters. The number of carbonyl (C=O) groups is 2. The molecule has 1 amide bonds. The molecular formula is C22H18N4O3. The summed E-state index contributed by atoms with van der Waals surface area (Å²) in [5.74, 6) is -0.173. The Balaban J connectivity index is 1.63. The zero-order chi connectivity index (χ0) is 20.6. The van der Waals surface area contributed by atoms with Crippen molar-refractivity contribution >= 4 is 29.1 Å². The lowest BCUT2D eigenvalue weighted by Crippen LogP contribution is -2.12. The third-order valence-corrected chi connectivity index (χ3v) is 3.94. The molecule has 7 nitrogen and oxygen atoms in total. The predicted octanol–water partition coefficient (Wildman–Crippen LogP) is 4.13. The highest BCUT2D eigenvalue weighted by molar-refractivity contribution is 6.04. The van der Waals surface area contributed by atoms with E-state index in [0.717, 1.165) is 5.69 Å². The highest BCUT2D eigenvalue weighted by atomic mass is 16.5. The molecule has 0 fully saturated rings. The normalized spacial score (nSPS) is 9.93. The molecule has 29 heavy (non-hydrogen) atoms. The summed E-state index contributed by atoms with van der Waals surface area (Å²) < 4.78 is 4.93. The summed E-state index contributed by atoms with van der Waals surface area (Å²) in [4.78, 5) is 28.3. The van der Waals surface area contributed by atoms with Gasteiger partial charge in [-0.25, -0.2) is 9.78 Å². The number of aromatic nitrogens is 1. The molecule has 3 aromatic rings. The second-order valence-electron chi connectivity index (χ2n) is 6.00. The van der Waals surface area contributed by atoms with Gasteiger partial charge >= 0.3 is 5.97 Å². The predicted molar refractivity (Wildman–Crippen MR) is 109 cm³/mol. The Morgan fingerprint density at radius 1 is 1.03 bits per heavy atom. The van der Waals surface area contributed by atoms with Gasteiger partial charge in [-0.1, -0.05) is 6.07 Å². The molecule has 0 aliphatic heterocycles. The molecule has 0 bridgehead atoms. The zero-order valence-electron chi connectivity index (χ0n) is 15.7. The Bertz CT molecular complexity index is 1050. The van der Waals surface area contributed by atoms with Crippen molar-refractivity contribution in [2.45, 2.75) is 6.92 Å². The van der Waals surface area contributed by atoms with E-state index in [-0.39, 0.29) is 5.91 Å². The number of amides is 1. The lowest BCUT2D eigenvalue weighted by molar-refractivity contribution is 0.0526. The molecule has 2 N–H and O–H groups in total. The first-order valence-electron chi connectivity index (χ1n) is 8.91. The third kappa shape index (κ3) is 5.17. The summed E-state index contributed by atoms with van der Waals surface area (Å²) >= 11 is 0. The monoisotopic (exact) mass is 386 g/mol. The molecule has 144 valence electrons. The average Bonchev–Trinajstić information content (AvgIpc) is 2.75. The van der Waals surface area contributed by atoms with E-state index in [2.05, 4.69) is 21.7 Å². The van der Waals surface area contributed by atoms with Crippen molar-refractivity contribution in [3.8, 4) is 6.07 Å². The number of nitriles is 1. The number of carbonyl (C=O) groups excluding carboxylic acids is 2. The fourth-order valence-corrected chi connectivity index (χ4v) is 2.52. The van der Waals surface area contributed by atoms with E-state index in [0.29, 0.717) is 34.8 Å². The molecule has 0 spiro atoms. The number of rotatable bonds is 6. The van der Waals surface area contributed by atoms with Gasteiger partial charge in [-0.15, -0.1) is 0 Å². The van der Waals surface area contributed by atoms with Crippen molar-refractivity contribution in [1.82, 2.24) is 4.98 Å². The largest absolute Gasteiger partial charge is 0.462 e. The zero-order valence-corrected chi connectivity index (χ0v) is 15.7. The SMILES string of the molecule is CCOC(=O)c1ccc(NC(=O)c2ccc(Nc3cccc(C#N)c3)nc2)cc1. The van der Waals surface area contributed by atoms with Gasteiger partial charge in [0.05, 0.1) is 29.4 Å². The van der Waals surface area contributed by atoms with Crippen LogP contribution in [0.2, 0.25) is 0 Å². The second kappa shape index (κ2) is 9.15. The first-order chi connectivity index (χ1) is 14.1. The molecule has 1 aromatic heterocycles. The first-order valence-corrected chi connectivity index (χ1v) is 8.91. The van der Waals surface area contributed by atoms with Crippen LogP contribution in [0.25, 0.3) is 0 Å². The average molecular weight is 386 g/mol. The van der Waals surface area contributed by atoms with Crippen molar-refractivity contribution in [1.29, 1.82) is 5.26 Å². The molecule has 0 saturated heterocycles. The minimum Gasteiger partial charge on any atom is -0.462 e. The number of pyridine rings is 1. The summed E-state index contributed by atoms with van der Waals surface area (Å²) in [6, 6.07) is 18.9. The topological polar surface area (TPSA) is 104 Å². The van der Waals surface area contributed by atoms with Gasteiger partial charge in [0.15, 0.2) is 0 Å². The maximum absolute atomic E-state index is 12.4. The van der Waals surface area contributed by atoms with Crippen LogP contribution >= 0.6 is 0 Å². The van der Waals surface area contributed by atoms with E-state index >= 15 is 0 Å². The van der Waals surface area contributed by atoms with Crippen LogP contribution in [0.3, 0.4) is 0 Å². The summed E-state index contributed by atoms with van der Waals surface area (Å²) in [5, 5.41) is 14.8. The Morgan fingerprint density at radius 3 is 2.45 bits per heavy atom. The fourth-order valence-electron chi connectivity index (χ4n) is 2.52. The number of hydrogen-bond acceptors (Lipinski definition) is 6. The molecule has 3 rings (SSSR count). The van der Waals surface area contributed by atoms with Crippen LogP contribution < -0.4 is 10.6 Å². The fraction of sp³-hybridized carbons (Fsp3) is 0.0909. The van der Waals surface area contributed by atoms with E-state index in [1.54, 1.807) is 61.5 Å². The highest BCUT2D eigenvalue weighted by Gasteiger charge is 2.09. The van der Waals surface area contributed by atoms with Crippen LogP contribution in [-0.4, -0.2) is 23.5 Å². The quantitative estimate of drug-likeness (QED) is 0.618. The summed E-state index contributed by atoms with van der Waals surface area (Å²) in [6.07, 6.45) is 1.46. The number of anilines is 3. The van der Waals surface area contributed by atoms with Crippen molar-refractivity contribution in [2.24, 2.45) is 0 Å². The van der Waals surface area contributed by atoms with Crippen LogP contribution in [0, 0.1) is 11.3 Å². The summed E-state index contributed by atoms with van der Waals surface area (Å²) in [7, 11) is 0. The van der Waals surface area contributed by atoms with E-state index < -0.39 is 5.97 Å². The van der Waals surface area contributed by atoms with Gasteiger partial charge in [-0.2, -0.15) is 5.26 Å². The van der Waals surface area contributed by atoms with Crippen LogP contribution in [-0.2, 0) is 4.74 Å². The minimum atomic E-state index is -0.405. The maximum atomic E-state index is 12.4. The highest BCUT2D eigenvalue weighted by Crippen LogP contribution is 2.17. The number of benzene rings is 2. The number of esters is 1. The lowest BCUT2D eigenvalue weighted by Gasteiger charge is -2.08. The molecule has 7 heteroatoms. The van der Waals surface area contributed by atoms with Gasteiger partial charge in [0.1, 0.15) is 5.82 Å². The van der Waals surface area contributed by atoms with Crippen molar-refractivity contribution in [3.05, 3.63) is 83.6 Å². The minimum absolute atomic E-state index is 0.304. The van der Waals surface area contributed by atoms with Crippen molar-refractivity contribution < 1.29 is 14.3 Å². The second-order valence-corrected chi connectivity index (χ2v) is 6.00. The van der Waals surface area contributed by atoms with Crippen LogP contribution in [0.15, 0.2) is 66.9 Å². The summed E-state index contributed by atoms with van der Waals surface area (Å²) in [5.41, 5.74) is 2.63. The number of nitrogens with zero attached hydrogens (tertiary/aromatic N) is 2. The summed E-state index contributed by atoms with van der Waals surface area (Å²) in [6.45, 7) is 2.05. The number of ether oxygens (including phenoxy) is 1. The molecule has 0 radical (unpaired) electrons. The van der Waals surface area contributed by atoms with Gasteiger partial charge in [-0.3, -0.25) is 4.79 Å². The first kappa shape index (κ1) is 19.6. The molecule has 0 aliphatic carbocycles. The number of hydrogen-bond donors (Lipinski definition) is 2. The number of nitrogens with one attached hydrogen (secondary N) is 2. The molecule has 0 atom stereocenters. The molecule has 1 heterocycles. The van der Waals surface area contributed by atoms with Crippen molar-refractivity contribution in [3.63, 3.8) is 0 Å². The van der Waals surface area contributed by atoms with Crippen LogP contribution in [0.1, 0.15) is 33.2 Å². The van der Waals surface area contributed by atoms with Gasteiger partial charge in [-0.05, 0) is 61.5 Å². The Hall–Kier alpha value is -4.18. The lowest BCUT2D eigenvalue weighted by atomic mass is 10.2.